The number of hydrogen-bond acceptors (Lipinski definition) is 2. The number of aliphatic hydroxyl groups excluding tert-OH is 1. The molecule has 0 aliphatic rings. The van der Waals surface area contributed by atoms with Gasteiger partial charge in [-0.2, -0.15) is 5.26 Å². The van der Waals surface area contributed by atoms with Crippen LogP contribution in [0, 0.1) is 18.3 Å². The second-order valence-corrected chi connectivity index (χ2v) is 3.26. The molecule has 0 aliphatic heterocycles. The fourth-order valence-electron chi connectivity index (χ4n) is 1.23. The number of aryl methyl sites for hydroxylation is 1. The Bertz CT molecular complexity index is 308. The molecule has 13 heavy (non-hydrogen) atoms. The first kappa shape index (κ1) is 9.76. The summed E-state index contributed by atoms with van der Waals surface area (Å²) in [6, 6.07) is 9.75. The van der Waals surface area contributed by atoms with Crippen LogP contribution in [-0.4, -0.2) is 11.2 Å². The van der Waals surface area contributed by atoms with E-state index in [1.54, 1.807) is 6.92 Å². The highest BCUT2D eigenvalue weighted by molar-refractivity contribution is 5.29. The van der Waals surface area contributed by atoms with Gasteiger partial charge in [0.05, 0.1) is 18.1 Å². The van der Waals surface area contributed by atoms with Crippen LogP contribution in [0.3, 0.4) is 0 Å². The van der Waals surface area contributed by atoms with E-state index in [4.69, 9.17) is 5.26 Å². The zero-order valence-corrected chi connectivity index (χ0v) is 7.86. The van der Waals surface area contributed by atoms with E-state index in [-0.39, 0.29) is 0 Å². The molecule has 0 bridgehead atoms. The fraction of sp³-hybridized carbons (Fsp3) is 0.364. The monoisotopic (exact) mass is 175 g/mol. The van der Waals surface area contributed by atoms with Crippen LogP contribution < -0.4 is 0 Å². The van der Waals surface area contributed by atoms with Gasteiger partial charge in [-0.25, -0.2) is 0 Å². The lowest BCUT2D eigenvalue weighted by molar-refractivity contribution is 0.181. The molecule has 2 unspecified atom stereocenters. The van der Waals surface area contributed by atoms with Crippen molar-refractivity contribution in [2.75, 3.05) is 0 Å². The summed E-state index contributed by atoms with van der Waals surface area (Å²) in [5.41, 5.74) is 2.04. The number of aliphatic hydroxyl groups is 1. The lowest BCUT2D eigenvalue weighted by Gasteiger charge is -2.12. The molecule has 0 aromatic heterocycles. The van der Waals surface area contributed by atoms with E-state index in [1.165, 1.54) is 0 Å². The van der Waals surface area contributed by atoms with Gasteiger partial charge in [0.2, 0.25) is 0 Å². The Kier molecular flexibility index (Phi) is 3.05. The zero-order chi connectivity index (χ0) is 9.84. The Morgan fingerprint density at radius 1 is 1.31 bits per heavy atom. The SMILES string of the molecule is Cc1ccc(C(C#N)C(C)O)cc1. The maximum atomic E-state index is 9.31. The number of nitrogens with zero attached hydrogens (tertiary/aromatic N) is 1. The Balaban J connectivity index is 2.94. The molecule has 0 aliphatic carbocycles. The molecular weight excluding hydrogens is 162 g/mol. The van der Waals surface area contributed by atoms with E-state index >= 15 is 0 Å². The highest BCUT2D eigenvalue weighted by atomic mass is 16.3. The summed E-state index contributed by atoms with van der Waals surface area (Å²) in [5.74, 6) is -0.416. The first-order chi connectivity index (χ1) is 6.15. The highest BCUT2D eigenvalue weighted by Crippen LogP contribution is 2.18. The van der Waals surface area contributed by atoms with Crippen LogP contribution in [0.1, 0.15) is 24.0 Å². The zero-order valence-electron chi connectivity index (χ0n) is 7.86. The third-order valence-corrected chi connectivity index (χ3v) is 2.06. The van der Waals surface area contributed by atoms with Crippen LogP contribution in [-0.2, 0) is 0 Å². The van der Waals surface area contributed by atoms with E-state index in [1.807, 2.05) is 31.2 Å². The minimum atomic E-state index is -0.618. The van der Waals surface area contributed by atoms with Crippen molar-refractivity contribution in [1.82, 2.24) is 0 Å². The molecule has 2 atom stereocenters. The van der Waals surface area contributed by atoms with Crippen molar-refractivity contribution in [3.63, 3.8) is 0 Å². The van der Waals surface area contributed by atoms with Crippen molar-refractivity contribution >= 4 is 0 Å². The topological polar surface area (TPSA) is 44.0 Å². The van der Waals surface area contributed by atoms with Gasteiger partial charge in [-0.05, 0) is 19.4 Å². The molecule has 0 radical (unpaired) electrons. The Morgan fingerprint density at radius 2 is 1.85 bits per heavy atom. The van der Waals surface area contributed by atoms with Crippen molar-refractivity contribution in [3.05, 3.63) is 35.4 Å². The van der Waals surface area contributed by atoms with Crippen molar-refractivity contribution in [2.45, 2.75) is 25.9 Å². The van der Waals surface area contributed by atoms with Crippen LogP contribution in [0.2, 0.25) is 0 Å². The third-order valence-electron chi connectivity index (χ3n) is 2.06. The molecule has 1 aromatic rings. The molecule has 0 saturated heterocycles. The van der Waals surface area contributed by atoms with Gasteiger partial charge in [-0.3, -0.25) is 0 Å². The molecule has 0 heterocycles. The second kappa shape index (κ2) is 4.06. The van der Waals surface area contributed by atoms with Gasteiger partial charge >= 0.3 is 0 Å². The third kappa shape index (κ3) is 2.30. The van der Waals surface area contributed by atoms with E-state index in [2.05, 4.69) is 6.07 Å². The first-order valence-electron chi connectivity index (χ1n) is 4.29. The van der Waals surface area contributed by atoms with Crippen LogP contribution in [0.15, 0.2) is 24.3 Å². The lowest BCUT2D eigenvalue weighted by atomic mass is 9.95. The van der Waals surface area contributed by atoms with Gasteiger partial charge in [0.25, 0.3) is 0 Å². The normalized spacial score (nSPS) is 14.6. The van der Waals surface area contributed by atoms with Crippen molar-refractivity contribution < 1.29 is 5.11 Å². The molecule has 2 heteroatoms. The fourth-order valence-corrected chi connectivity index (χ4v) is 1.23. The summed E-state index contributed by atoms with van der Waals surface area (Å²) in [5, 5.41) is 18.1. The minimum absolute atomic E-state index is 0.416. The van der Waals surface area contributed by atoms with Crippen molar-refractivity contribution in [2.24, 2.45) is 0 Å². The largest absolute Gasteiger partial charge is 0.392 e. The molecule has 0 fully saturated rings. The predicted molar refractivity (Wildman–Crippen MR) is 51.2 cm³/mol. The maximum Gasteiger partial charge on any atom is 0.0969 e. The number of hydrogen-bond donors (Lipinski definition) is 1. The van der Waals surface area contributed by atoms with Gasteiger partial charge in [-0.15, -0.1) is 0 Å². The number of nitriles is 1. The second-order valence-electron chi connectivity index (χ2n) is 3.26. The number of rotatable bonds is 2. The Hall–Kier alpha value is -1.33. The van der Waals surface area contributed by atoms with Gasteiger partial charge < -0.3 is 5.11 Å². The van der Waals surface area contributed by atoms with Crippen molar-refractivity contribution in [3.8, 4) is 6.07 Å². The molecule has 0 amide bonds. The molecule has 1 aromatic carbocycles. The summed E-state index contributed by atoms with van der Waals surface area (Å²) in [7, 11) is 0. The van der Waals surface area contributed by atoms with E-state index < -0.39 is 12.0 Å². The van der Waals surface area contributed by atoms with Crippen molar-refractivity contribution in [1.29, 1.82) is 5.26 Å². The average molecular weight is 175 g/mol. The van der Waals surface area contributed by atoms with Crippen LogP contribution >= 0.6 is 0 Å². The number of benzene rings is 1. The van der Waals surface area contributed by atoms with Gasteiger partial charge in [0, 0.05) is 0 Å². The predicted octanol–water partition coefficient (Wildman–Crippen LogP) is 1.98. The smallest absolute Gasteiger partial charge is 0.0969 e. The van der Waals surface area contributed by atoms with E-state index in [0.29, 0.717) is 0 Å². The van der Waals surface area contributed by atoms with Crippen LogP contribution in [0.25, 0.3) is 0 Å². The Labute approximate surface area is 78.4 Å². The quantitative estimate of drug-likeness (QED) is 0.747. The summed E-state index contributed by atoms with van der Waals surface area (Å²) in [6.45, 7) is 3.63. The molecule has 2 nitrogen and oxygen atoms in total. The molecule has 0 spiro atoms. The van der Waals surface area contributed by atoms with E-state index in [0.717, 1.165) is 11.1 Å². The van der Waals surface area contributed by atoms with Crippen LogP contribution in [0.4, 0.5) is 0 Å². The van der Waals surface area contributed by atoms with Gasteiger partial charge in [0.1, 0.15) is 0 Å². The standard InChI is InChI=1S/C11H13NO/c1-8-3-5-10(6-4-8)11(7-12)9(2)13/h3-6,9,11,13H,1-2H3. The lowest BCUT2D eigenvalue weighted by Crippen LogP contribution is -2.12. The summed E-state index contributed by atoms with van der Waals surface area (Å²) in [6.07, 6.45) is -0.618. The molecule has 68 valence electrons. The summed E-state index contributed by atoms with van der Waals surface area (Å²) in [4.78, 5) is 0. The highest BCUT2D eigenvalue weighted by Gasteiger charge is 2.15. The molecule has 1 N–H and O–H groups in total. The van der Waals surface area contributed by atoms with Gasteiger partial charge in [0.15, 0.2) is 0 Å². The van der Waals surface area contributed by atoms with E-state index in [9.17, 15) is 5.11 Å². The Morgan fingerprint density at radius 3 is 2.23 bits per heavy atom. The van der Waals surface area contributed by atoms with Gasteiger partial charge in [-0.1, -0.05) is 29.8 Å². The minimum Gasteiger partial charge on any atom is -0.392 e. The summed E-state index contributed by atoms with van der Waals surface area (Å²) < 4.78 is 0. The first-order valence-corrected chi connectivity index (χ1v) is 4.29. The molecule has 0 saturated carbocycles. The average Bonchev–Trinajstić information content (AvgIpc) is 2.09. The molecule has 1 rings (SSSR count). The maximum absolute atomic E-state index is 9.31. The van der Waals surface area contributed by atoms with Crippen LogP contribution in [0.5, 0.6) is 0 Å². The molecular formula is C11H13NO. The summed E-state index contributed by atoms with van der Waals surface area (Å²) >= 11 is 0.